The quantitative estimate of drug-likeness (QED) is 0.132. The van der Waals surface area contributed by atoms with Crippen molar-refractivity contribution in [3.63, 3.8) is 0 Å². The van der Waals surface area contributed by atoms with E-state index < -0.39 is 34.6 Å². The van der Waals surface area contributed by atoms with Crippen molar-refractivity contribution in [3.8, 4) is 133 Å². The molecule has 2 heterocycles. The molecular weight excluding hydrogens is 1190 g/mol. The third kappa shape index (κ3) is 10.2. The summed E-state index contributed by atoms with van der Waals surface area (Å²) < 4.78 is 96.0. The Morgan fingerprint density at radius 3 is 0.851 bits per heavy atom. The number of fused-ring (bicyclic) bond motifs is 6. The molecule has 0 saturated carbocycles. The summed E-state index contributed by atoms with van der Waals surface area (Å²) in [6, 6.07) is 69.5. The fourth-order valence-corrected chi connectivity index (χ4v) is 12.5. The molecule has 0 radical (unpaired) electrons. The van der Waals surface area contributed by atoms with Crippen molar-refractivity contribution < 1.29 is 26.3 Å². The van der Waals surface area contributed by atoms with Gasteiger partial charge in [-0.25, -0.2) is 0 Å². The number of benzene rings is 11. The Labute approximate surface area is 530 Å². The average molecular weight is 1230 g/mol. The molecule has 17 heteroatoms. The Morgan fingerprint density at radius 1 is 0.255 bits per heavy atom. The number of aromatic nitrogens is 2. The van der Waals surface area contributed by atoms with Gasteiger partial charge in [0, 0.05) is 38.2 Å². The van der Waals surface area contributed by atoms with Crippen LogP contribution in [0.25, 0.3) is 122 Å². The molecule has 94 heavy (non-hydrogen) atoms. The highest BCUT2D eigenvalue weighted by Gasteiger charge is 2.41. The fourth-order valence-electron chi connectivity index (χ4n) is 12.5. The van der Waals surface area contributed by atoms with Crippen LogP contribution >= 0.6 is 0 Å². The van der Waals surface area contributed by atoms with Gasteiger partial charge in [-0.1, -0.05) is 42.5 Å². The van der Waals surface area contributed by atoms with E-state index in [9.17, 15) is 47.4 Å². The number of nitriles is 9. The summed E-state index contributed by atoms with van der Waals surface area (Å²) in [7, 11) is 0. The van der Waals surface area contributed by atoms with Gasteiger partial charge < -0.3 is 9.13 Å². The molecule has 0 atom stereocenters. The number of halogens is 6. The lowest BCUT2D eigenvalue weighted by Crippen LogP contribution is -2.14. The van der Waals surface area contributed by atoms with Gasteiger partial charge in [-0.3, -0.25) is 0 Å². The molecule has 2 aromatic heterocycles. The first-order chi connectivity index (χ1) is 45.4. The van der Waals surface area contributed by atoms with Gasteiger partial charge in [-0.15, -0.1) is 0 Å². The fraction of sp³-hybridized carbons (Fsp3) is 0.0260. The highest BCUT2D eigenvalue weighted by molar-refractivity contribution is 6.14. The normalized spacial score (nSPS) is 11.2. The molecule has 13 aromatic rings. The molecule has 13 rings (SSSR count). The van der Waals surface area contributed by atoms with Crippen molar-refractivity contribution in [2.24, 2.45) is 0 Å². The van der Waals surface area contributed by atoms with E-state index in [0.29, 0.717) is 106 Å². The molecule has 0 bridgehead atoms. The van der Waals surface area contributed by atoms with E-state index in [2.05, 4.69) is 54.6 Å². The first-order valence-corrected chi connectivity index (χ1v) is 28.3. The predicted molar refractivity (Wildman–Crippen MR) is 340 cm³/mol. The molecule has 0 saturated heterocycles. The molecule has 11 aromatic carbocycles. The van der Waals surface area contributed by atoms with Crippen molar-refractivity contribution in [1.29, 1.82) is 47.4 Å². The van der Waals surface area contributed by atoms with Gasteiger partial charge >= 0.3 is 12.4 Å². The summed E-state index contributed by atoms with van der Waals surface area (Å²) in [6.07, 6.45) is -10.6. The lowest BCUT2D eigenvalue weighted by Gasteiger charge is -2.23. The summed E-state index contributed by atoms with van der Waals surface area (Å²) in [5.74, 6) is 0. The van der Waals surface area contributed by atoms with Gasteiger partial charge in [0.1, 0.15) is 0 Å². The highest BCUT2D eigenvalue weighted by Crippen LogP contribution is 2.50. The van der Waals surface area contributed by atoms with Crippen LogP contribution in [0.4, 0.5) is 26.3 Å². The SMILES string of the molecule is N#Cc1cc(C#N)cc(-c2ccc3c(c2)c2cc(-c4cc(C#N)cc(C#N)c4)ccc2n3-c2ccc(-c3c(C(F)(F)F)cccc3C(F)(F)F)cc2-c2c(C#N)cccc2-n2c3ccc(-c4cc(C#N)cc(C#N)c4)cc3c3cc(-c4cc(C#N)cc(C#N)c4)ccc32)c1. The van der Waals surface area contributed by atoms with E-state index in [1.807, 2.05) is 28.8 Å². The Hall–Kier alpha value is -14.0. The van der Waals surface area contributed by atoms with Crippen molar-refractivity contribution in [1.82, 2.24) is 9.13 Å². The molecule has 0 spiro atoms. The summed E-state index contributed by atoms with van der Waals surface area (Å²) in [5.41, 5.74) is 3.25. The monoisotopic (exact) mass is 1230 g/mol. The second kappa shape index (κ2) is 22.9. The van der Waals surface area contributed by atoms with E-state index in [0.717, 1.165) is 0 Å². The van der Waals surface area contributed by atoms with Crippen molar-refractivity contribution in [2.75, 3.05) is 0 Å². The Morgan fingerprint density at radius 2 is 0.553 bits per heavy atom. The van der Waals surface area contributed by atoms with Crippen LogP contribution < -0.4 is 0 Å². The third-order valence-corrected chi connectivity index (χ3v) is 16.5. The van der Waals surface area contributed by atoms with Gasteiger partial charge in [0.05, 0.1) is 149 Å². The Balaban J connectivity index is 1.17. The minimum absolute atomic E-state index is 0.0135. The van der Waals surface area contributed by atoms with Crippen LogP contribution in [0.5, 0.6) is 0 Å². The van der Waals surface area contributed by atoms with Crippen molar-refractivity contribution >= 4 is 43.6 Å². The predicted octanol–water partition coefficient (Wildman–Crippen LogP) is 18.8. The van der Waals surface area contributed by atoms with Gasteiger partial charge in [-0.2, -0.15) is 73.7 Å². The lowest BCUT2D eigenvalue weighted by molar-refractivity contribution is -0.142. The number of alkyl halides is 6. The molecule has 0 aliphatic rings. The number of rotatable bonds is 8. The first kappa shape index (κ1) is 59.0. The molecule has 0 aliphatic carbocycles. The van der Waals surface area contributed by atoms with Crippen molar-refractivity contribution in [2.45, 2.75) is 12.4 Å². The number of hydrogen-bond acceptors (Lipinski definition) is 9. The molecular formula is C77H33F6N11. The minimum Gasteiger partial charge on any atom is -0.309 e. The molecule has 11 nitrogen and oxygen atoms in total. The van der Waals surface area contributed by atoms with E-state index in [-0.39, 0.29) is 72.6 Å². The number of hydrogen-bond donors (Lipinski definition) is 0. The second-order valence-corrected chi connectivity index (χ2v) is 22.0. The van der Waals surface area contributed by atoms with Crippen LogP contribution in [0, 0.1) is 102 Å². The average Bonchev–Trinajstić information content (AvgIpc) is 1.45. The zero-order valence-electron chi connectivity index (χ0n) is 48.2. The van der Waals surface area contributed by atoms with Crippen LogP contribution in [0.3, 0.4) is 0 Å². The second-order valence-electron chi connectivity index (χ2n) is 22.0. The summed E-state index contributed by atoms with van der Waals surface area (Å²) >= 11 is 0. The first-order valence-electron chi connectivity index (χ1n) is 28.3. The zero-order chi connectivity index (χ0) is 65.9. The van der Waals surface area contributed by atoms with Gasteiger partial charge in [0.15, 0.2) is 0 Å². The van der Waals surface area contributed by atoms with E-state index in [1.54, 1.807) is 114 Å². The van der Waals surface area contributed by atoms with Crippen LogP contribution in [0.1, 0.15) is 61.2 Å². The summed E-state index contributed by atoms with van der Waals surface area (Å²) in [5, 5.41) is 93.8. The van der Waals surface area contributed by atoms with Crippen LogP contribution in [0.2, 0.25) is 0 Å². The zero-order valence-corrected chi connectivity index (χ0v) is 48.2. The Bertz CT molecular complexity index is 5490. The van der Waals surface area contributed by atoms with Gasteiger partial charge in [-0.05, 0) is 208 Å². The smallest absolute Gasteiger partial charge is 0.309 e. The maximum Gasteiger partial charge on any atom is 0.417 e. The van der Waals surface area contributed by atoms with Gasteiger partial charge in [0.25, 0.3) is 0 Å². The molecule has 0 amide bonds. The molecule has 0 aliphatic heterocycles. The third-order valence-electron chi connectivity index (χ3n) is 16.5. The van der Waals surface area contributed by atoms with E-state index >= 15 is 26.3 Å². The number of nitrogens with zero attached hydrogens (tertiary/aromatic N) is 11. The summed E-state index contributed by atoms with van der Waals surface area (Å²) in [6.45, 7) is 0. The van der Waals surface area contributed by atoms with Crippen LogP contribution in [-0.4, -0.2) is 9.13 Å². The van der Waals surface area contributed by atoms with Crippen LogP contribution in [-0.2, 0) is 12.4 Å². The summed E-state index contributed by atoms with van der Waals surface area (Å²) in [4.78, 5) is 0. The van der Waals surface area contributed by atoms with E-state index in [1.165, 1.54) is 48.5 Å². The van der Waals surface area contributed by atoms with Crippen LogP contribution in [0.15, 0.2) is 200 Å². The minimum atomic E-state index is -5.31. The van der Waals surface area contributed by atoms with Gasteiger partial charge in [0.2, 0.25) is 0 Å². The lowest BCUT2D eigenvalue weighted by atomic mass is 9.89. The topological polar surface area (TPSA) is 224 Å². The van der Waals surface area contributed by atoms with E-state index in [4.69, 9.17) is 0 Å². The largest absolute Gasteiger partial charge is 0.417 e. The maximum absolute atomic E-state index is 15.4. The Kier molecular flexibility index (Phi) is 14.4. The maximum atomic E-state index is 15.4. The molecule has 438 valence electrons. The molecule has 0 N–H and O–H groups in total. The highest BCUT2D eigenvalue weighted by atomic mass is 19.4. The van der Waals surface area contributed by atoms with Crippen molar-refractivity contribution in [3.05, 3.63) is 261 Å². The molecule has 0 unspecified atom stereocenters. The molecule has 0 fully saturated rings. The standard InChI is InChI=1S/C77H33F6N11/c78-76(79,80)66-4-2-5-67(77(81,82)83)75(66)55-11-16-72(93-68-12-7-51(57-21-43(34-84)17-44(22-57)35-85)29-61(68)62-30-52(8-13-69(62)93)58-23-45(36-86)18-46(24-58)37-87)65(33-55)74-56(42-92)3-1-6-73(74)94-70-14-9-53(59-25-47(38-88)19-48(26-59)39-89)31-63(70)64-32-54(10-15-71(64)94)60-27-49(40-90)20-50(28-60)41-91/h1-33H.